The third kappa shape index (κ3) is 10.6. The van der Waals surface area contributed by atoms with Gasteiger partial charge in [-0.05, 0) is 68.4 Å². The van der Waals surface area contributed by atoms with Gasteiger partial charge in [0.15, 0.2) is 5.82 Å². The molecule has 0 saturated heterocycles. The van der Waals surface area contributed by atoms with Crippen LogP contribution in [0.1, 0.15) is 54.8 Å². The molecule has 2 heterocycles. The van der Waals surface area contributed by atoms with Crippen LogP contribution in [0, 0.1) is 0 Å². The molecule has 2 aromatic heterocycles. The van der Waals surface area contributed by atoms with Crippen molar-refractivity contribution in [3.63, 3.8) is 0 Å². The molecule has 0 aliphatic rings. The van der Waals surface area contributed by atoms with Crippen LogP contribution in [0.2, 0.25) is 0 Å². The molecule has 2 N–H and O–H groups in total. The predicted molar refractivity (Wildman–Crippen MR) is 150 cm³/mol. The fraction of sp³-hybridized carbons (Fsp3) is 0.357. The van der Waals surface area contributed by atoms with Gasteiger partial charge in [-0.1, -0.05) is 35.6 Å². The van der Waals surface area contributed by atoms with E-state index in [4.69, 9.17) is 4.74 Å². The monoisotopic (exact) mass is 534 g/mol. The number of hydrogen-bond acceptors (Lipinski definition) is 8. The molecule has 0 aliphatic carbocycles. The molecule has 2 amide bonds. The number of nitrogens with one attached hydrogen (secondary N) is 2. The van der Waals surface area contributed by atoms with E-state index in [0.717, 1.165) is 60.5 Å². The number of unbranched alkanes of at least 4 members (excludes halogenated alkanes) is 2. The Morgan fingerprint density at radius 3 is 2.53 bits per heavy atom. The Morgan fingerprint density at radius 2 is 1.74 bits per heavy atom. The van der Waals surface area contributed by atoms with Crippen molar-refractivity contribution >= 4 is 34.1 Å². The second-order valence-corrected chi connectivity index (χ2v) is 9.71. The fourth-order valence-electron chi connectivity index (χ4n) is 3.50. The molecule has 0 fully saturated rings. The molecule has 10 heteroatoms. The first-order chi connectivity index (χ1) is 18.6. The van der Waals surface area contributed by atoms with Gasteiger partial charge in [-0.15, -0.1) is 28.5 Å². The molecule has 1 aromatic carbocycles. The number of ether oxygens (including phenoxy) is 1. The average molecular weight is 535 g/mol. The van der Waals surface area contributed by atoms with Crippen molar-refractivity contribution in [1.82, 2.24) is 20.4 Å². The Hall–Kier alpha value is -3.92. The number of amides is 2. The van der Waals surface area contributed by atoms with Crippen LogP contribution in [-0.2, 0) is 28.9 Å². The maximum Gasteiger partial charge on any atom is 0.230 e. The van der Waals surface area contributed by atoms with Gasteiger partial charge in [-0.25, -0.2) is 0 Å². The first kappa shape index (κ1) is 28.6. The molecule has 0 unspecified atom stereocenters. The Bertz CT molecular complexity index is 1200. The summed E-state index contributed by atoms with van der Waals surface area (Å²) in [5.41, 5.74) is 1.74. The number of allylic oxidation sites excluding steroid dienone is 2. The van der Waals surface area contributed by atoms with Gasteiger partial charge in [0, 0.05) is 12.8 Å². The highest BCUT2D eigenvalue weighted by Gasteiger charge is 2.10. The first-order valence-corrected chi connectivity index (χ1v) is 13.6. The largest absolute Gasteiger partial charge is 0.494 e. The molecular weight excluding hydrogens is 500 g/mol. The van der Waals surface area contributed by atoms with Gasteiger partial charge in [-0.3, -0.25) is 9.59 Å². The summed E-state index contributed by atoms with van der Waals surface area (Å²) in [7, 11) is 0. The molecule has 0 radical (unpaired) electrons. The van der Waals surface area contributed by atoms with E-state index in [1.165, 1.54) is 11.3 Å². The molecule has 0 atom stereocenters. The normalized spacial score (nSPS) is 10.5. The van der Waals surface area contributed by atoms with Gasteiger partial charge in [0.2, 0.25) is 16.9 Å². The molecule has 0 aliphatic heterocycles. The van der Waals surface area contributed by atoms with Gasteiger partial charge >= 0.3 is 0 Å². The van der Waals surface area contributed by atoms with Crippen LogP contribution >= 0.6 is 11.3 Å². The zero-order valence-corrected chi connectivity index (χ0v) is 22.3. The number of hydrogen-bond donors (Lipinski definition) is 2. The number of rotatable bonds is 17. The lowest BCUT2D eigenvalue weighted by Crippen LogP contribution is -2.14. The number of anilines is 2. The quantitative estimate of drug-likeness (QED) is 0.178. The Kier molecular flexibility index (Phi) is 12.1. The van der Waals surface area contributed by atoms with E-state index in [1.807, 2.05) is 36.4 Å². The highest BCUT2D eigenvalue weighted by atomic mass is 32.1. The summed E-state index contributed by atoms with van der Waals surface area (Å²) in [6.07, 6.45) is 9.99. The summed E-state index contributed by atoms with van der Waals surface area (Å²) >= 11 is 1.39. The minimum Gasteiger partial charge on any atom is -0.494 e. The molecular formula is C28H34N6O3S. The van der Waals surface area contributed by atoms with Crippen molar-refractivity contribution in [1.29, 1.82) is 0 Å². The summed E-state index contributed by atoms with van der Waals surface area (Å²) < 4.78 is 5.73. The Labute approximate surface area is 227 Å². The standard InChI is InChI=1S/C28H34N6O3S/c1-3-5-9-18-37-23-13-10-11-21(19-23)20-26(36)30-28-34-33-27(38-28)15-8-7-12-22-16-17-24(32-31-22)29-25(35)14-6-4-2/h3-4,10-11,13,16-17,19H,1-2,5-9,12,14-15,18,20H2,(H,29,32,35)(H,30,34,36). The number of nitrogens with zero attached hydrogens (tertiary/aromatic N) is 4. The summed E-state index contributed by atoms with van der Waals surface area (Å²) in [5, 5.41) is 23.5. The van der Waals surface area contributed by atoms with Crippen LogP contribution in [0.15, 0.2) is 61.7 Å². The third-order valence-corrected chi connectivity index (χ3v) is 6.33. The highest BCUT2D eigenvalue weighted by Crippen LogP contribution is 2.19. The van der Waals surface area contributed by atoms with E-state index < -0.39 is 0 Å². The number of aryl methyl sites for hydroxylation is 2. The summed E-state index contributed by atoms with van der Waals surface area (Å²) in [5.74, 6) is 0.960. The third-order valence-electron chi connectivity index (χ3n) is 5.43. The average Bonchev–Trinajstić information content (AvgIpc) is 3.36. The van der Waals surface area contributed by atoms with Crippen LogP contribution in [0.25, 0.3) is 0 Å². The Morgan fingerprint density at radius 1 is 0.895 bits per heavy atom. The van der Waals surface area contributed by atoms with E-state index in [-0.39, 0.29) is 18.2 Å². The SMILES string of the molecule is C=CCCCOc1cccc(CC(=O)Nc2nnc(CCCCc3ccc(NC(=O)CCC=C)nn3)s2)c1. The van der Waals surface area contributed by atoms with Crippen molar-refractivity contribution < 1.29 is 14.3 Å². The van der Waals surface area contributed by atoms with Crippen molar-refractivity contribution in [3.8, 4) is 5.75 Å². The smallest absolute Gasteiger partial charge is 0.230 e. The van der Waals surface area contributed by atoms with E-state index in [0.29, 0.717) is 30.4 Å². The van der Waals surface area contributed by atoms with E-state index in [2.05, 4.69) is 44.2 Å². The number of carbonyl (C=O) groups is 2. The van der Waals surface area contributed by atoms with Crippen LogP contribution in [-0.4, -0.2) is 38.8 Å². The predicted octanol–water partition coefficient (Wildman–Crippen LogP) is 5.32. The first-order valence-electron chi connectivity index (χ1n) is 12.7. The fourth-order valence-corrected chi connectivity index (χ4v) is 4.30. The molecule has 0 saturated carbocycles. The summed E-state index contributed by atoms with van der Waals surface area (Å²) in [6, 6.07) is 11.2. The lowest BCUT2D eigenvalue weighted by atomic mass is 10.1. The minimum atomic E-state index is -0.143. The highest BCUT2D eigenvalue weighted by molar-refractivity contribution is 7.15. The van der Waals surface area contributed by atoms with E-state index in [9.17, 15) is 9.59 Å². The minimum absolute atomic E-state index is 0.103. The molecule has 0 bridgehead atoms. The zero-order valence-electron chi connectivity index (χ0n) is 21.5. The van der Waals surface area contributed by atoms with E-state index >= 15 is 0 Å². The van der Waals surface area contributed by atoms with Gasteiger partial charge in [0.05, 0.1) is 18.7 Å². The van der Waals surface area contributed by atoms with Crippen molar-refractivity contribution in [2.24, 2.45) is 0 Å². The summed E-state index contributed by atoms with van der Waals surface area (Å²) in [4.78, 5) is 24.2. The molecule has 3 rings (SSSR count). The van der Waals surface area contributed by atoms with E-state index in [1.54, 1.807) is 12.1 Å². The van der Waals surface area contributed by atoms with Crippen molar-refractivity contribution in [2.45, 2.75) is 57.8 Å². The maximum atomic E-state index is 12.5. The van der Waals surface area contributed by atoms with Gasteiger partial charge in [-0.2, -0.15) is 5.10 Å². The van der Waals surface area contributed by atoms with Crippen LogP contribution in [0.5, 0.6) is 5.75 Å². The maximum absolute atomic E-state index is 12.5. The lowest BCUT2D eigenvalue weighted by molar-refractivity contribution is -0.116. The number of carbonyl (C=O) groups excluding carboxylic acids is 2. The topological polar surface area (TPSA) is 119 Å². The van der Waals surface area contributed by atoms with Crippen molar-refractivity contribution in [2.75, 3.05) is 17.2 Å². The molecule has 0 spiro atoms. The Balaban J connectivity index is 1.35. The molecule has 9 nitrogen and oxygen atoms in total. The van der Waals surface area contributed by atoms with Crippen LogP contribution < -0.4 is 15.4 Å². The lowest BCUT2D eigenvalue weighted by Gasteiger charge is -2.07. The van der Waals surface area contributed by atoms with Gasteiger partial charge < -0.3 is 15.4 Å². The van der Waals surface area contributed by atoms with Gasteiger partial charge in [0.25, 0.3) is 0 Å². The second-order valence-electron chi connectivity index (χ2n) is 8.65. The second kappa shape index (κ2) is 16.0. The van der Waals surface area contributed by atoms with Gasteiger partial charge in [0.1, 0.15) is 10.8 Å². The summed E-state index contributed by atoms with van der Waals surface area (Å²) in [6.45, 7) is 7.93. The number of aromatic nitrogens is 4. The zero-order chi connectivity index (χ0) is 27.0. The molecule has 38 heavy (non-hydrogen) atoms. The van der Waals surface area contributed by atoms with Crippen LogP contribution in [0.3, 0.4) is 0 Å². The molecule has 3 aromatic rings. The van der Waals surface area contributed by atoms with Crippen LogP contribution in [0.4, 0.5) is 10.9 Å². The van der Waals surface area contributed by atoms with Crippen molar-refractivity contribution in [3.05, 3.63) is 78.0 Å². The molecule has 200 valence electrons. The number of benzene rings is 1.